The van der Waals surface area contributed by atoms with Crippen LogP contribution in [0.5, 0.6) is 0 Å². The molecule has 0 bridgehead atoms. The maximum absolute atomic E-state index is 2.33. The molecule has 0 aromatic carbocycles. The van der Waals surface area contributed by atoms with Crippen LogP contribution in [-0.2, 0) is 0 Å². The summed E-state index contributed by atoms with van der Waals surface area (Å²) in [5.74, 6) is 2.28. The Morgan fingerprint density at radius 1 is 1.43 bits per heavy atom. The van der Waals surface area contributed by atoms with E-state index in [-0.39, 0.29) is 0 Å². The van der Waals surface area contributed by atoms with Gasteiger partial charge in [0.15, 0.2) is 0 Å². The summed E-state index contributed by atoms with van der Waals surface area (Å²) >= 11 is 2.75. The van der Waals surface area contributed by atoms with E-state index in [0.29, 0.717) is 14.5 Å². The molecule has 0 aliphatic rings. The van der Waals surface area contributed by atoms with Crippen molar-refractivity contribution in [2.45, 2.75) is 43.3 Å². The topological polar surface area (TPSA) is 0 Å². The van der Waals surface area contributed by atoms with Crippen molar-refractivity contribution >= 4 is 26.3 Å². The van der Waals surface area contributed by atoms with Crippen LogP contribution in [0.2, 0.25) is 0 Å². The quantitative estimate of drug-likeness (QED) is 0.534. The van der Waals surface area contributed by atoms with E-state index in [1.807, 2.05) is 0 Å². The molecule has 1 aromatic rings. The van der Waals surface area contributed by atoms with E-state index in [2.05, 4.69) is 42.7 Å². The van der Waals surface area contributed by atoms with Crippen molar-refractivity contribution in [2.75, 3.05) is 5.75 Å². The Hall–Kier alpha value is 0.349. The first-order chi connectivity index (χ1) is 6.86. The molecule has 1 atom stereocenters. The molecule has 1 heterocycles. The third kappa shape index (κ3) is 4.72. The molecule has 1 unspecified atom stereocenters. The third-order valence-electron chi connectivity index (χ3n) is 2.50. The molecule has 0 amide bonds. The second-order valence-electron chi connectivity index (χ2n) is 3.66. The van der Waals surface area contributed by atoms with Crippen LogP contribution in [0, 0.1) is 5.92 Å². The van der Waals surface area contributed by atoms with E-state index in [0.717, 1.165) is 5.92 Å². The molecule has 0 saturated carbocycles. The minimum atomic E-state index is 0.660. The van der Waals surface area contributed by atoms with Crippen molar-refractivity contribution < 1.29 is 0 Å². The summed E-state index contributed by atoms with van der Waals surface area (Å²) in [7, 11) is 0. The standard InChI is InChI=1S/C12H20SSe/c1-3-5-7-11(4-2)10-13-12-8-6-9-14-12/h6,8-9,11H,3-5,7,10H2,1-2H3. The van der Waals surface area contributed by atoms with Crippen LogP contribution in [0.15, 0.2) is 20.8 Å². The van der Waals surface area contributed by atoms with Gasteiger partial charge in [0.2, 0.25) is 0 Å². The van der Waals surface area contributed by atoms with E-state index in [1.54, 1.807) is 3.77 Å². The van der Waals surface area contributed by atoms with Crippen LogP contribution in [0.4, 0.5) is 0 Å². The molecule has 1 rings (SSSR count). The van der Waals surface area contributed by atoms with Gasteiger partial charge in [0.05, 0.1) is 0 Å². The van der Waals surface area contributed by atoms with Gasteiger partial charge in [0.1, 0.15) is 0 Å². The van der Waals surface area contributed by atoms with E-state index < -0.39 is 0 Å². The molecule has 0 saturated heterocycles. The van der Waals surface area contributed by atoms with Crippen molar-refractivity contribution in [1.29, 1.82) is 0 Å². The molecule has 1 aromatic heterocycles. The van der Waals surface area contributed by atoms with Gasteiger partial charge in [-0.2, -0.15) is 0 Å². The Bertz CT molecular complexity index is 218. The van der Waals surface area contributed by atoms with Crippen molar-refractivity contribution in [3.63, 3.8) is 0 Å². The molecule has 0 aliphatic carbocycles. The number of unbranched alkanes of at least 4 members (excludes halogenated alkanes) is 1. The van der Waals surface area contributed by atoms with E-state index in [4.69, 9.17) is 0 Å². The number of hydrogen-bond acceptors (Lipinski definition) is 1. The summed E-state index contributed by atoms with van der Waals surface area (Å²) in [6.45, 7) is 4.61. The number of rotatable bonds is 7. The van der Waals surface area contributed by atoms with Gasteiger partial charge in [-0.3, -0.25) is 0 Å². The predicted molar refractivity (Wildman–Crippen MR) is 67.4 cm³/mol. The van der Waals surface area contributed by atoms with Crippen LogP contribution in [0.3, 0.4) is 0 Å². The monoisotopic (exact) mass is 276 g/mol. The molecule has 0 radical (unpaired) electrons. The third-order valence-corrected chi connectivity index (χ3v) is 6.19. The molecule has 0 aliphatic heterocycles. The summed E-state index contributed by atoms with van der Waals surface area (Å²) < 4.78 is 1.62. The van der Waals surface area contributed by atoms with Crippen LogP contribution in [-0.4, -0.2) is 20.3 Å². The van der Waals surface area contributed by atoms with Crippen LogP contribution < -0.4 is 0 Å². The summed E-state index contributed by atoms with van der Waals surface area (Å²) in [5.41, 5.74) is 0. The Morgan fingerprint density at radius 3 is 2.86 bits per heavy atom. The predicted octanol–water partition coefficient (Wildman–Crippen LogP) is 4.05. The zero-order chi connectivity index (χ0) is 10.2. The van der Waals surface area contributed by atoms with Gasteiger partial charge in [0.25, 0.3) is 0 Å². The van der Waals surface area contributed by atoms with Crippen LogP contribution in [0.25, 0.3) is 0 Å². The summed E-state index contributed by atoms with van der Waals surface area (Å²) in [6, 6.07) is 4.49. The first-order valence-corrected chi connectivity index (χ1v) is 8.36. The Kier molecular flexibility index (Phi) is 6.76. The molecule has 0 fully saturated rings. The second kappa shape index (κ2) is 7.62. The molecule has 80 valence electrons. The first kappa shape index (κ1) is 12.4. The molecular formula is C12H20SSe. The van der Waals surface area contributed by atoms with Crippen molar-refractivity contribution in [1.82, 2.24) is 0 Å². The fourth-order valence-electron chi connectivity index (χ4n) is 1.44. The Balaban J connectivity index is 2.20. The minimum absolute atomic E-state index is 0.660. The number of thioether (sulfide) groups is 1. The van der Waals surface area contributed by atoms with E-state index >= 15 is 0 Å². The Morgan fingerprint density at radius 2 is 2.29 bits per heavy atom. The number of hydrogen-bond donors (Lipinski definition) is 0. The van der Waals surface area contributed by atoms with E-state index in [9.17, 15) is 0 Å². The van der Waals surface area contributed by atoms with Gasteiger partial charge in [-0.05, 0) is 0 Å². The van der Waals surface area contributed by atoms with Crippen molar-refractivity contribution in [2.24, 2.45) is 5.92 Å². The summed E-state index contributed by atoms with van der Waals surface area (Å²) in [6.07, 6.45) is 5.52. The SMILES string of the molecule is CCCCC(CC)CSc1ccc[se]1. The van der Waals surface area contributed by atoms with Gasteiger partial charge >= 0.3 is 98.3 Å². The molecule has 0 nitrogen and oxygen atoms in total. The maximum atomic E-state index is 2.33. The fourth-order valence-corrected chi connectivity index (χ4v) is 4.57. The first-order valence-electron chi connectivity index (χ1n) is 5.53. The van der Waals surface area contributed by atoms with Gasteiger partial charge in [-0.1, -0.05) is 0 Å². The van der Waals surface area contributed by atoms with Crippen molar-refractivity contribution in [3.05, 3.63) is 17.1 Å². The molecule has 0 N–H and O–H groups in total. The average molecular weight is 275 g/mol. The second-order valence-corrected chi connectivity index (χ2v) is 7.29. The molecule has 14 heavy (non-hydrogen) atoms. The summed E-state index contributed by atoms with van der Waals surface area (Å²) in [4.78, 5) is 2.31. The van der Waals surface area contributed by atoms with E-state index in [1.165, 1.54) is 31.4 Å². The van der Waals surface area contributed by atoms with Gasteiger partial charge < -0.3 is 0 Å². The normalized spacial score (nSPS) is 13.0. The fraction of sp³-hybridized carbons (Fsp3) is 0.667. The van der Waals surface area contributed by atoms with Crippen LogP contribution >= 0.6 is 11.8 Å². The van der Waals surface area contributed by atoms with Gasteiger partial charge in [-0.15, -0.1) is 0 Å². The Labute approximate surface area is 98.2 Å². The van der Waals surface area contributed by atoms with Gasteiger partial charge in [-0.25, -0.2) is 0 Å². The zero-order valence-electron chi connectivity index (χ0n) is 9.16. The molecular weight excluding hydrogens is 255 g/mol. The van der Waals surface area contributed by atoms with Crippen molar-refractivity contribution in [3.8, 4) is 0 Å². The zero-order valence-corrected chi connectivity index (χ0v) is 11.7. The van der Waals surface area contributed by atoms with Crippen LogP contribution in [0.1, 0.15) is 39.5 Å². The molecule has 2 heteroatoms. The average Bonchev–Trinajstić information content (AvgIpc) is 2.71. The summed E-state index contributed by atoms with van der Waals surface area (Å²) in [5, 5.41) is 0. The molecule has 0 spiro atoms. The van der Waals surface area contributed by atoms with Gasteiger partial charge in [0, 0.05) is 0 Å².